The summed E-state index contributed by atoms with van der Waals surface area (Å²) in [5.41, 5.74) is 5.04. The molecular weight excluding hydrogens is 322 g/mol. The van der Waals surface area contributed by atoms with E-state index in [1.807, 2.05) is 30.3 Å². The number of benzene rings is 3. The molecule has 3 aromatic carbocycles. The van der Waals surface area contributed by atoms with Gasteiger partial charge in [0.1, 0.15) is 5.75 Å². The Morgan fingerprint density at radius 3 is 2.50 bits per heavy atom. The fourth-order valence-corrected chi connectivity index (χ4v) is 2.92. The van der Waals surface area contributed by atoms with Crippen molar-refractivity contribution in [1.29, 1.82) is 0 Å². The average Bonchev–Trinajstić information content (AvgIpc) is 3.00. The minimum absolute atomic E-state index is 0.206. The lowest BCUT2D eigenvalue weighted by Crippen LogP contribution is -1.99. The molecule has 1 aromatic heterocycles. The Morgan fingerprint density at radius 1 is 0.962 bits per heavy atom. The molecule has 0 bridgehead atoms. The van der Waals surface area contributed by atoms with Crippen molar-refractivity contribution in [3.63, 3.8) is 0 Å². The number of aliphatic imine (C=N–C) groups is 1. The van der Waals surface area contributed by atoms with Crippen molar-refractivity contribution in [3.8, 4) is 5.75 Å². The van der Waals surface area contributed by atoms with Gasteiger partial charge in [-0.1, -0.05) is 54.1 Å². The molecule has 0 saturated heterocycles. The summed E-state index contributed by atoms with van der Waals surface area (Å²) in [4.78, 5) is 9.21. The maximum absolute atomic E-state index is 9.94. The molecule has 4 heteroatoms. The average molecular weight is 341 g/mol. The standard InChI is InChI=1S/C22H19N3O/c1-16-10-12-17(13-11-16)15-25-20-8-4-3-7-19(20)24-22(25)23-14-18-6-2-5-9-21(18)26/h2-14,26H,15H2,1H3/b23-14+. The highest BCUT2D eigenvalue weighted by molar-refractivity contribution is 5.86. The molecule has 26 heavy (non-hydrogen) atoms. The van der Waals surface area contributed by atoms with Crippen molar-refractivity contribution in [1.82, 2.24) is 9.55 Å². The largest absolute Gasteiger partial charge is 0.507 e. The second-order valence-corrected chi connectivity index (χ2v) is 6.29. The van der Waals surface area contributed by atoms with E-state index in [0.29, 0.717) is 18.1 Å². The van der Waals surface area contributed by atoms with Gasteiger partial charge in [-0.05, 0) is 36.8 Å². The minimum Gasteiger partial charge on any atom is -0.507 e. The molecule has 0 saturated carbocycles. The van der Waals surface area contributed by atoms with Gasteiger partial charge in [-0.25, -0.2) is 9.98 Å². The fraction of sp³-hybridized carbons (Fsp3) is 0.0909. The number of hydrogen-bond donors (Lipinski definition) is 1. The van der Waals surface area contributed by atoms with Crippen molar-refractivity contribution in [2.24, 2.45) is 4.99 Å². The molecule has 4 aromatic rings. The highest BCUT2D eigenvalue weighted by Crippen LogP contribution is 2.24. The Balaban J connectivity index is 1.76. The van der Waals surface area contributed by atoms with Crippen LogP contribution >= 0.6 is 0 Å². The highest BCUT2D eigenvalue weighted by atomic mass is 16.3. The number of aryl methyl sites for hydroxylation is 1. The predicted octanol–water partition coefficient (Wildman–Crippen LogP) is 4.85. The van der Waals surface area contributed by atoms with Crippen LogP contribution in [0, 0.1) is 6.92 Å². The van der Waals surface area contributed by atoms with Crippen molar-refractivity contribution >= 4 is 23.2 Å². The second-order valence-electron chi connectivity index (χ2n) is 6.29. The van der Waals surface area contributed by atoms with Gasteiger partial charge in [-0.15, -0.1) is 0 Å². The lowest BCUT2D eigenvalue weighted by Gasteiger charge is -2.07. The third kappa shape index (κ3) is 3.22. The lowest BCUT2D eigenvalue weighted by atomic mass is 10.1. The van der Waals surface area contributed by atoms with Gasteiger partial charge in [0, 0.05) is 11.8 Å². The number of para-hydroxylation sites is 3. The molecule has 4 rings (SSSR count). The van der Waals surface area contributed by atoms with Crippen molar-refractivity contribution in [2.75, 3.05) is 0 Å². The normalized spacial score (nSPS) is 11.4. The Hall–Kier alpha value is -3.40. The zero-order valence-corrected chi connectivity index (χ0v) is 14.5. The number of hydrogen-bond acceptors (Lipinski definition) is 3. The molecule has 1 heterocycles. The number of fused-ring (bicyclic) bond motifs is 1. The van der Waals surface area contributed by atoms with E-state index in [1.165, 1.54) is 11.1 Å². The molecule has 0 unspecified atom stereocenters. The molecular formula is C22H19N3O. The number of nitrogens with zero attached hydrogens (tertiary/aromatic N) is 3. The maximum atomic E-state index is 9.94. The van der Waals surface area contributed by atoms with Crippen LogP contribution in [0.25, 0.3) is 11.0 Å². The first-order valence-electron chi connectivity index (χ1n) is 8.53. The number of imidazole rings is 1. The fourth-order valence-electron chi connectivity index (χ4n) is 2.92. The van der Waals surface area contributed by atoms with Gasteiger partial charge in [0.2, 0.25) is 5.95 Å². The van der Waals surface area contributed by atoms with E-state index in [-0.39, 0.29) is 5.75 Å². The molecule has 0 aliphatic heterocycles. The Kier molecular flexibility index (Phi) is 4.23. The van der Waals surface area contributed by atoms with E-state index in [0.717, 1.165) is 11.0 Å². The molecule has 128 valence electrons. The molecule has 0 spiro atoms. The van der Waals surface area contributed by atoms with Gasteiger partial charge in [-0.2, -0.15) is 0 Å². The molecule has 0 radical (unpaired) electrons. The molecule has 0 aliphatic rings. The summed E-state index contributed by atoms with van der Waals surface area (Å²) < 4.78 is 2.09. The van der Waals surface area contributed by atoms with Crippen LogP contribution in [0.1, 0.15) is 16.7 Å². The smallest absolute Gasteiger partial charge is 0.230 e. The maximum Gasteiger partial charge on any atom is 0.230 e. The third-order valence-corrected chi connectivity index (χ3v) is 4.35. The van der Waals surface area contributed by atoms with Gasteiger partial charge in [0.15, 0.2) is 0 Å². The SMILES string of the molecule is Cc1ccc(Cn2c(/N=C/c3ccccc3O)nc3ccccc32)cc1. The molecule has 1 N–H and O–H groups in total. The Morgan fingerprint density at radius 2 is 1.69 bits per heavy atom. The number of aromatic nitrogens is 2. The highest BCUT2D eigenvalue weighted by Gasteiger charge is 2.10. The number of phenolic OH excluding ortho intramolecular Hbond substituents is 1. The van der Waals surface area contributed by atoms with Crippen molar-refractivity contribution < 1.29 is 5.11 Å². The van der Waals surface area contributed by atoms with Crippen molar-refractivity contribution in [2.45, 2.75) is 13.5 Å². The van der Waals surface area contributed by atoms with E-state index in [2.05, 4.69) is 51.8 Å². The van der Waals surface area contributed by atoms with Gasteiger partial charge in [0.25, 0.3) is 0 Å². The van der Waals surface area contributed by atoms with Crippen LogP contribution in [0.2, 0.25) is 0 Å². The van der Waals surface area contributed by atoms with Crippen LogP contribution in [0.3, 0.4) is 0 Å². The van der Waals surface area contributed by atoms with Crippen LogP contribution in [0.5, 0.6) is 5.75 Å². The first-order valence-corrected chi connectivity index (χ1v) is 8.53. The molecule has 4 nitrogen and oxygen atoms in total. The second kappa shape index (κ2) is 6.84. The summed E-state index contributed by atoms with van der Waals surface area (Å²) in [5, 5.41) is 9.94. The van der Waals surface area contributed by atoms with Crippen LogP contribution in [-0.4, -0.2) is 20.9 Å². The zero-order valence-electron chi connectivity index (χ0n) is 14.5. The minimum atomic E-state index is 0.206. The predicted molar refractivity (Wildman–Crippen MR) is 105 cm³/mol. The van der Waals surface area contributed by atoms with E-state index < -0.39 is 0 Å². The van der Waals surface area contributed by atoms with Gasteiger partial charge in [-0.3, -0.25) is 0 Å². The summed E-state index contributed by atoms with van der Waals surface area (Å²) in [6.45, 7) is 2.77. The summed E-state index contributed by atoms with van der Waals surface area (Å²) in [6, 6.07) is 23.6. The number of rotatable bonds is 4. The van der Waals surface area contributed by atoms with Crippen LogP contribution in [0.4, 0.5) is 5.95 Å². The molecule has 0 atom stereocenters. The van der Waals surface area contributed by atoms with E-state index in [9.17, 15) is 5.11 Å². The van der Waals surface area contributed by atoms with E-state index in [4.69, 9.17) is 0 Å². The van der Waals surface area contributed by atoms with E-state index in [1.54, 1.807) is 18.3 Å². The molecule has 0 amide bonds. The van der Waals surface area contributed by atoms with Crippen molar-refractivity contribution in [3.05, 3.63) is 89.5 Å². The monoisotopic (exact) mass is 341 g/mol. The summed E-state index contributed by atoms with van der Waals surface area (Å²) >= 11 is 0. The van der Waals surface area contributed by atoms with Crippen LogP contribution in [0.15, 0.2) is 77.8 Å². The topological polar surface area (TPSA) is 50.4 Å². The molecule has 0 aliphatic carbocycles. The Labute approximate surface area is 152 Å². The van der Waals surface area contributed by atoms with Gasteiger partial charge >= 0.3 is 0 Å². The zero-order chi connectivity index (χ0) is 17.9. The van der Waals surface area contributed by atoms with Crippen LogP contribution in [-0.2, 0) is 6.54 Å². The summed E-state index contributed by atoms with van der Waals surface area (Å²) in [6.07, 6.45) is 1.65. The molecule has 0 fully saturated rings. The van der Waals surface area contributed by atoms with Gasteiger partial charge in [0.05, 0.1) is 17.6 Å². The first kappa shape index (κ1) is 16.1. The number of phenols is 1. The van der Waals surface area contributed by atoms with Crippen LogP contribution < -0.4 is 0 Å². The summed E-state index contributed by atoms with van der Waals surface area (Å²) in [5.74, 6) is 0.826. The Bertz CT molecular complexity index is 1080. The lowest BCUT2D eigenvalue weighted by molar-refractivity contribution is 0.474. The van der Waals surface area contributed by atoms with Gasteiger partial charge < -0.3 is 9.67 Å². The number of aromatic hydroxyl groups is 1. The first-order chi connectivity index (χ1) is 12.7. The van der Waals surface area contributed by atoms with E-state index >= 15 is 0 Å². The summed E-state index contributed by atoms with van der Waals surface area (Å²) in [7, 11) is 0. The quantitative estimate of drug-likeness (QED) is 0.540. The third-order valence-electron chi connectivity index (χ3n) is 4.35.